The molecule has 35 heavy (non-hydrogen) atoms. The Hall–Kier alpha value is -3.85. The number of amidine groups is 2. The van der Waals surface area contributed by atoms with E-state index in [0.29, 0.717) is 18.3 Å². The summed E-state index contributed by atoms with van der Waals surface area (Å²) in [4.78, 5) is 17.0. The van der Waals surface area contributed by atoms with E-state index >= 15 is 0 Å². The van der Waals surface area contributed by atoms with Gasteiger partial charge in [-0.1, -0.05) is 25.1 Å². The maximum absolute atomic E-state index is 12.8. The number of carbonyl (C=O) groups is 1. The van der Waals surface area contributed by atoms with Gasteiger partial charge in [-0.15, -0.1) is 0 Å². The summed E-state index contributed by atoms with van der Waals surface area (Å²) in [6.07, 6.45) is 5.47. The smallest absolute Gasteiger partial charge is 0.283 e. The molecular formula is C26H25N5O3S. The fraction of sp³-hybridized carbons (Fsp3) is 0.231. The second-order valence-corrected chi connectivity index (χ2v) is 9.12. The lowest BCUT2D eigenvalue weighted by Crippen LogP contribution is -2.35. The molecule has 2 aromatic carbocycles. The molecule has 3 aromatic rings. The van der Waals surface area contributed by atoms with E-state index in [1.807, 2.05) is 54.7 Å². The van der Waals surface area contributed by atoms with Crippen molar-refractivity contribution in [1.29, 1.82) is 5.41 Å². The highest BCUT2D eigenvalue weighted by Gasteiger charge is 2.35. The molecule has 1 N–H and O–H groups in total. The van der Waals surface area contributed by atoms with Gasteiger partial charge in [0, 0.05) is 22.7 Å². The number of amides is 1. The molecule has 0 spiro atoms. The van der Waals surface area contributed by atoms with Crippen LogP contribution in [0.3, 0.4) is 0 Å². The standard InChI is InChI=1S/C26H25N5O3S/c1-3-6-23-29-31-24(27)21(25(32)28-26(31)35-23)15-17-16-30(22-8-5-4-7-20(17)22)13-14-34-19-11-9-18(33-2)10-12-19/h4-5,7-12,15-16,27H,3,6,13-14H2,1-2H3/b21-15+,27-24?. The number of benzene rings is 2. The number of aromatic nitrogens is 1. The number of thioether (sulfide) groups is 1. The van der Waals surface area contributed by atoms with E-state index in [9.17, 15) is 4.79 Å². The molecule has 8 nitrogen and oxygen atoms in total. The summed E-state index contributed by atoms with van der Waals surface area (Å²) in [6, 6.07) is 15.5. The number of para-hydroxylation sites is 1. The molecule has 0 bridgehead atoms. The zero-order chi connectivity index (χ0) is 24.4. The Bertz CT molecular complexity index is 1390. The number of ether oxygens (including phenoxy) is 2. The highest BCUT2D eigenvalue weighted by Crippen LogP contribution is 2.31. The fourth-order valence-corrected chi connectivity index (χ4v) is 5.00. The average molecular weight is 488 g/mol. The summed E-state index contributed by atoms with van der Waals surface area (Å²) in [7, 11) is 1.63. The molecule has 1 amide bonds. The van der Waals surface area contributed by atoms with Crippen molar-refractivity contribution >= 4 is 50.7 Å². The number of hydrogen-bond donors (Lipinski definition) is 1. The van der Waals surface area contributed by atoms with E-state index in [0.717, 1.165) is 45.9 Å². The quantitative estimate of drug-likeness (QED) is 0.444. The minimum absolute atomic E-state index is 0.0540. The van der Waals surface area contributed by atoms with E-state index < -0.39 is 5.91 Å². The van der Waals surface area contributed by atoms with Gasteiger partial charge >= 0.3 is 0 Å². The number of hydrogen-bond acceptors (Lipinski definition) is 6. The van der Waals surface area contributed by atoms with Crippen LogP contribution in [0.5, 0.6) is 11.5 Å². The SMILES string of the molecule is CCCC1=NN2C(=N)/C(=C\c3cn(CCOc4ccc(OC)cc4)c4ccccc34)C(=O)N=C2S1. The fourth-order valence-electron chi connectivity index (χ4n) is 4.01. The van der Waals surface area contributed by atoms with Crippen molar-refractivity contribution in [2.75, 3.05) is 13.7 Å². The first-order valence-corrected chi connectivity index (χ1v) is 12.2. The zero-order valence-corrected chi connectivity index (χ0v) is 20.3. The Morgan fingerprint density at radius 1 is 1.11 bits per heavy atom. The molecule has 0 radical (unpaired) electrons. The number of carbonyl (C=O) groups excluding carboxylic acids is 1. The van der Waals surface area contributed by atoms with Crippen LogP contribution in [0.2, 0.25) is 0 Å². The van der Waals surface area contributed by atoms with Crippen LogP contribution in [-0.4, -0.2) is 45.2 Å². The third kappa shape index (κ3) is 4.59. The van der Waals surface area contributed by atoms with Crippen LogP contribution in [-0.2, 0) is 11.3 Å². The summed E-state index contributed by atoms with van der Waals surface area (Å²) in [5, 5.41) is 16.9. The van der Waals surface area contributed by atoms with Gasteiger partial charge in [-0.2, -0.15) is 15.1 Å². The third-order valence-electron chi connectivity index (χ3n) is 5.74. The third-order valence-corrected chi connectivity index (χ3v) is 6.71. The van der Waals surface area contributed by atoms with Crippen molar-refractivity contribution in [3.63, 3.8) is 0 Å². The van der Waals surface area contributed by atoms with Crippen LogP contribution in [0.25, 0.3) is 17.0 Å². The van der Waals surface area contributed by atoms with E-state index in [1.54, 1.807) is 13.2 Å². The van der Waals surface area contributed by atoms with Crippen LogP contribution in [0.1, 0.15) is 25.3 Å². The Kier molecular flexibility index (Phi) is 6.41. The van der Waals surface area contributed by atoms with Crippen molar-refractivity contribution < 1.29 is 14.3 Å². The molecule has 0 fully saturated rings. The summed E-state index contributed by atoms with van der Waals surface area (Å²) in [6.45, 7) is 3.17. The highest BCUT2D eigenvalue weighted by atomic mass is 32.2. The highest BCUT2D eigenvalue weighted by molar-refractivity contribution is 8.26. The maximum Gasteiger partial charge on any atom is 0.283 e. The number of nitrogens with one attached hydrogen (secondary N) is 1. The van der Waals surface area contributed by atoms with Crippen molar-refractivity contribution in [3.8, 4) is 11.5 Å². The number of nitrogens with zero attached hydrogens (tertiary/aromatic N) is 4. The van der Waals surface area contributed by atoms with E-state index in [1.165, 1.54) is 16.8 Å². The number of methoxy groups -OCH3 is 1. The summed E-state index contributed by atoms with van der Waals surface area (Å²) in [5.74, 6) is 1.19. The molecule has 0 saturated carbocycles. The lowest BCUT2D eigenvalue weighted by molar-refractivity contribution is -0.114. The lowest BCUT2D eigenvalue weighted by atomic mass is 10.1. The summed E-state index contributed by atoms with van der Waals surface area (Å²) < 4.78 is 13.2. The summed E-state index contributed by atoms with van der Waals surface area (Å²) in [5.41, 5.74) is 2.10. The lowest BCUT2D eigenvalue weighted by Gasteiger charge is -2.20. The van der Waals surface area contributed by atoms with Crippen molar-refractivity contribution in [2.45, 2.75) is 26.3 Å². The zero-order valence-electron chi connectivity index (χ0n) is 19.5. The van der Waals surface area contributed by atoms with Crippen LogP contribution in [0.15, 0.2) is 70.4 Å². The second kappa shape index (κ2) is 9.79. The van der Waals surface area contributed by atoms with Gasteiger partial charge in [0.2, 0.25) is 5.17 Å². The molecule has 9 heteroatoms. The molecule has 0 unspecified atom stereocenters. The minimum atomic E-state index is -0.415. The molecule has 2 aliphatic rings. The topological polar surface area (TPSA) is 92.3 Å². The molecule has 1 aromatic heterocycles. The minimum Gasteiger partial charge on any atom is -0.497 e. The first kappa shape index (κ1) is 22.9. The van der Waals surface area contributed by atoms with Gasteiger partial charge < -0.3 is 14.0 Å². The van der Waals surface area contributed by atoms with Crippen LogP contribution in [0.4, 0.5) is 0 Å². The van der Waals surface area contributed by atoms with Crippen molar-refractivity contribution in [1.82, 2.24) is 9.58 Å². The maximum atomic E-state index is 12.8. The van der Waals surface area contributed by atoms with Gasteiger partial charge in [-0.25, -0.2) is 0 Å². The average Bonchev–Trinajstić information content (AvgIpc) is 3.43. The molecular weight excluding hydrogens is 462 g/mol. The van der Waals surface area contributed by atoms with Gasteiger partial charge in [0.1, 0.15) is 23.1 Å². The van der Waals surface area contributed by atoms with Crippen molar-refractivity contribution in [2.24, 2.45) is 10.1 Å². The molecule has 178 valence electrons. The number of rotatable bonds is 8. The first-order chi connectivity index (χ1) is 17.1. The van der Waals surface area contributed by atoms with E-state index in [-0.39, 0.29) is 11.4 Å². The summed E-state index contributed by atoms with van der Waals surface area (Å²) >= 11 is 1.36. The predicted octanol–water partition coefficient (Wildman–Crippen LogP) is 5.15. The largest absolute Gasteiger partial charge is 0.497 e. The number of hydrazone groups is 1. The Labute approximate surface area is 207 Å². The number of fused-ring (bicyclic) bond motifs is 2. The van der Waals surface area contributed by atoms with Gasteiger partial charge in [0.25, 0.3) is 5.91 Å². The predicted molar refractivity (Wildman–Crippen MR) is 140 cm³/mol. The number of aliphatic imine (C=N–C) groups is 1. The van der Waals surface area contributed by atoms with Gasteiger partial charge in [0.15, 0.2) is 5.84 Å². The Morgan fingerprint density at radius 3 is 2.66 bits per heavy atom. The Morgan fingerprint density at radius 2 is 1.89 bits per heavy atom. The van der Waals surface area contributed by atoms with E-state index in [2.05, 4.69) is 21.6 Å². The normalized spacial score (nSPS) is 16.5. The molecule has 5 rings (SSSR count). The van der Waals surface area contributed by atoms with E-state index in [4.69, 9.17) is 14.9 Å². The van der Waals surface area contributed by atoms with Gasteiger partial charge in [0.05, 0.1) is 19.2 Å². The monoisotopic (exact) mass is 487 g/mol. The van der Waals surface area contributed by atoms with Crippen LogP contribution < -0.4 is 9.47 Å². The van der Waals surface area contributed by atoms with Gasteiger partial charge in [-0.3, -0.25) is 10.2 Å². The van der Waals surface area contributed by atoms with Crippen LogP contribution >= 0.6 is 11.8 Å². The Balaban J connectivity index is 1.39. The molecule has 0 atom stereocenters. The first-order valence-electron chi connectivity index (χ1n) is 11.4. The molecule has 3 heterocycles. The van der Waals surface area contributed by atoms with Crippen LogP contribution in [0, 0.1) is 5.41 Å². The molecule has 0 aliphatic carbocycles. The van der Waals surface area contributed by atoms with Crippen molar-refractivity contribution in [3.05, 3.63) is 65.9 Å². The second-order valence-electron chi connectivity index (χ2n) is 8.08. The molecule has 2 aliphatic heterocycles. The molecule has 0 saturated heterocycles. The van der Waals surface area contributed by atoms with Gasteiger partial charge in [-0.05, 0) is 61.0 Å².